The Hall–Kier alpha value is -0.570. The first-order valence-electron chi connectivity index (χ1n) is 2.98. The van der Waals surface area contributed by atoms with Crippen LogP contribution in [0, 0.1) is 5.92 Å². The first kappa shape index (κ1) is 8.43. The van der Waals surface area contributed by atoms with Crippen molar-refractivity contribution in [1.82, 2.24) is 5.48 Å². The zero-order valence-corrected chi connectivity index (χ0v) is 6.10. The molecule has 0 saturated heterocycles. The number of rotatable bonds is 3. The highest BCUT2D eigenvalue weighted by Gasteiger charge is 2.01. The highest BCUT2D eigenvalue weighted by Crippen LogP contribution is 1.97. The molecular weight excluding hydrogens is 118 g/mol. The second kappa shape index (κ2) is 4.32. The number of amides is 1. The predicted molar refractivity (Wildman–Crippen MR) is 34.6 cm³/mol. The Bertz CT molecular complexity index is 91.1. The van der Waals surface area contributed by atoms with Crippen molar-refractivity contribution in [2.75, 3.05) is 7.11 Å². The number of hydrogen-bond donors (Lipinski definition) is 1. The molecule has 1 N–H and O–H groups in total. The van der Waals surface area contributed by atoms with Gasteiger partial charge in [-0.3, -0.25) is 9.63 Å². The number of hydroxylamine groups is 1. The van der Waals surface area contributed by atoms with Crippen LogP contribution >= 0.6 is 0 Å². The maximum absolute atomic E-state index is 10.6. The van der Waals surface area contributed by atoms with Gasteiger partial charge >= 0.3 is 0 Å². The van der Waals surface area contributed by atoms with Gasteiger partial charge in [-0.05, 0) is 5.92 Å². The van der Waals surface area contributed by atoms with Gasteiger partial charge < -0.3 is 0 Å². The molecule has 0 atom stereocenters. The summed E-state index contributed by atoms with van der Waals surface area (Å²) in [7, 11) is 1.43. The van der Waals surface area contributed by atoms with Crippen LogP contribution in [-0.4, -0.2) is 13.0 Å². The average molecular weight is 131 g/mol. The Morgan fingerprint density at radius 2 is 2.22 bits per heavy atom. The largest absolute Gasteiger partial charge is 0.277 e. The summed E-state index contributed by atoms with van der Waals surface area (Å²) in [5.41, 5.74) is 2.24. The first-order valence-corrected chi connectivity index (χ1v) is 2.98. The van der Waals surface area contributed by atoms with Crippen molar-refractivity contribution in [3.63, 3.8) is 0 Å². The second-order valence-electron chi connectivity index (χ2n) is 2.33. The van der Waals surface area contributed by atoms with E-state index in [4.69, 9.17) is 0 Å². The van der Waals surface area contributed by atoms with Crippen molar-refractivity contribution >= 4 is 5.91 Å². The van der Waals surface area contributed by atoms with Crippen molar-refractivity contribution in [1.29, 1.82) is 0 Å². The van der Waals surface area contributed by atoms with E-state index >= 15 is 0 Å². The lowest BCUT2D eigenvalue weighted by Gasteiger charge is -2.02. The first-order chi connectivity index (χ1) is 4.16. The molecule has 54 valence electrons. The van der Waals surface area contributed by atoms with E-state index in [1.54, 1.807) is 0 Å². The van der Waals surface area contributed by atoms with Gasteiger partial charge in [0.2, 0.25) is 5.91 Å². The number of nitrogens with one attached hydrogen (secondary N) is 1. The van der Waals surface area contributed by atoms with Crippen LogP contribution in [0.3, 0.4) is 0 Å². The Morgan fingerprint density at radius 1 is 1.67 bits per heavy atom. The third-order valence-corrected chi connectivity index (χ3v) is 0.810. The monoisotopic (exact) mass is 131 g/mol. The second-order valence-corrected chi connectivity index (χ2v) is 2.33. The van der Waals surface area contributed by atoms with Gasteiger partial charge in [0.05, 0.1) is 7.11 Å². The normalized spacial score (nSPS) is 9.78. The average Bonchev–Trinajstić information content (AvgIpc) is 1.63. The van der Waals surface area contributed by atoms with Gasteiger partial charge in [0, 0.05) is 6.42 Å². The van der Waals surface area contributed by atoms with Crippen molar-refractivity contribution < 1.29 is 9.63 Å². The zero-order chi connectivity index (χ0) is 7.28. The molecule has 0 aromatic heterocycles. The number of carbonyl (C=O) groups excluding carboxylic acids is 1. The minimum Gasteiger partial charge on any atom is -0.277 e. The van der Waals surface area contributed by atoms with Gasteiger partial charge in [-0.25, -0.2) is 5.48 Å². The molecular formula is C6H13NO2. The number of hydrogen-bond acceptors (Lipinski definition) is 2. The fourth-order valence-corrected chi connectivity index (χ4v) is 0.526. The molecule has 0 saturated carbocycles. The van der Waals surface area contributed by atoms with Crippen LogP contribution in [-0.2, 0) is 9.63 Å². The third-order valence-electron chi connectivity index (χ3n) is 0.810. The summed E-state index contributed by atoms with van der Waals surface area (Å²) in [6.07, 6.45) is 0.522. The fraction of sp³-hybridized carbons (Fsp3) is 0.833. The SMILES string of the molecule is CONC(=O)CC(C)C. The van der Waals surface area contributed by atoms with Crippen molar-refractivity contribution in [3.8, 4) is 0 Å². The van der Waals surface area contributed by atoms with E-state index < -0.39 is 0 Å². The van der Waals surface area contributed by atoms with E-state index in [1.807, 2.05) is 13.8 Å². The van der Waals surface area contributed by atoms with Crippen molar-refractivity contribution in [2.45, 2.75) is 20.3 Å². The van der Waals surface area contributed by atoms with E-state index in [-0.39, 0.29) is 5.91 Å². The predicted octanol–water partition coefficient (Wildman–Crippen LogP) is 0.710. The highest BCUT2D eigenvalue weighted by molar-refractivity contribution is 5.74. The lowest BCUT2D eigenvalue weighted by molar-refractivity contribution is -0.132. The molecule has 9 heavy (non-hydrogen) atoms. The lowest BCUT2D eigenvalue weighted by Crippen LogP contribution is -2.22. The molecule has 0 aliphatic rings. The zero-order valence-electron chi connectivity index (χ0n) is 6.10. The van der Waals surface area contributed by atoms with Crippen LogP contribution in [0.4, 0.5) is 0 Å². The molecule has 0 aromatic rings. The van der Waals surface area contributed by atoms with E-state index in [0.717, 1.165) is 0 Å². The van der Waals surface area contributed by atoms with Crippen LogP contribution in [0.1, 0.15) is 20.3 Å². The molecule has 0 bridgehead atoms. The van der Waals surface area contributed by atoms with Crippen LogP contribution in [0.5, 0.6) is 0 Å². The van der Waals surface area contributed by atoms with Crippen LogP contribution in [0.2, 0.25) is 0 Å². The molecule has 0 heterocycles. The molecule has 0 aliphatic carbocycles. The van der Waals surface area contributed by atoms with Gasteiger partial charge in [-0.2, -0.15) is 0 Å². The molecule has 0 aromatic carbocycles. The lowest BCUT2D eigenvalue weighted by atomic mass is 10.1. The van der Waals surface area contributed by atoms with Crippen LogP contribution in [0.15, 0.2) is 0 Å². The third kappa shape index (κ3) is 5.30. The summed E-state index contributed by atoms with van der Waals surface area (Å²) in [5, 5.41) is 0. The summed E-state index contributed by atoms with van der Waals surface area (Å²) in [5.74, 6) is 0.327. The van der Waals surface area contributed by atoms with E-state index in [1.165, 1.54) is 7.11 Å². The molecule has 0 unspecified atom stereocenters. The minimum absolute atomic E-state index is 0.0625. The van der Waals surface area contributed by atoms with Gasteiger partial charge in [-0.1, -0.05) is 13.8 Å². The Kier molecular flexibility index (Phi) is 4.05. The summed E-state index contributed by atoms with van der Waals surface area (Å²) in [6, 6.07) is 0. The standard InChI is InChI=1S/C6H13NO2/c1-5(2)4-6(8)7-9-3/h5H,4H2,1-3H3,(H,7,8). The molecule has 0 radical (unpaired) electrons. The molecule has 1 amide bonds. The Balaban J connectivity index is 3.27. The Labute approximate surface area is 55.3 Å². The molecule has 3 heteroatoms. The molecule has 0 fully saturated rings. The maximum atomic E-state index is 10.6. The molecule has 0 rings (SSSR count). The van der Waals surface area contributed by atoms with Gasteiger partial charge in [0.1, 0.15) is 0 Å². The summed E-state index contributed by atoms with van der Waals surface area (Å²) in [6.45, 7) is 3.96. The quantitative estimate of drug-likeness (QED) is 0.573. The maximum Gasteiger partial charge on any atom is 0.243 e. The number of carbonyl (C=O) groups is 1. The summed E-state index contributed by atoms with van der Waals surface area (Å²) < 4.78 is 0. The Morgan fingerprint density at radius 3 is 2.56 bits per heavy atom. The molecule has 0 spiro atoms. The van der Waals surface area contributed by atoms with Crippen molar-refractivity contribution in [2.24, 2.45) is 5.92 Å². The van der Waals surface area contributed by atoms with Gasteiger partial charge in [0.25, 0.3) is 0 Å². The molecule has 3 nitrogen and oxygen atoms in total. The van der Waals surface area contributed by atoms with Gasteiger partial charge in [-0.15, -0.1) is 0 Å². The van der Waals surface area contributed by atoms with E-state index in [0.29, 0.717) is 12.3 Å². The van der Waals surface area contributed by atoms with Gasteiger partial charge in [0.15, 0.2) is 0 Å². The highest BCUT2D eigenvalue weighted by atomic mass is 16.6. The van der Waals surface area contributed by atoms with E-state index in [2.05, 4.69) is 10.3 Å². The van der Waals surface area contributed by atoms with E-state index in [9.17, 15) is 4.79 Å². The molecule has 0 aliphatic heterocycles. The topological polar surface area (TPSA) is 38.3 Å². The van der Waals surface area contributed by atoms with Crippen LogP contribution < -0.4 is 5.48 Å². The smallest absolute Gasteiger partial charge is 0.243 e. The fourth-order valence-electron chi connectivity index (χ4n) is 0.526. The van der Waals surface area contributed by atoms with Crippen LogP contribution in [0.25, 0.3) is 0 Å². The summed E-state index contributed by atoms with van der Waals surface area (Å²) >= 11 is 0. The minimum atomic E-state index is -0.0625. The van der Waals surface area contributed by atoms with Crippen molar-refractivity contribution in [3.05, 3.63) is 0 Å². The summed E-state index contributed by atoms with van der Waals surface area (Å²) in [4.78, 5) is 15.0.